The summed E-state index contributed by atoms with van der Waals surface area (Å²) in [5.41, 5.74) is 0. The van der Waals surface area contributed by atoms with Gasteiger partial charge in [0.1, 0.15) is 5.75 Å². The SMILES string of the molecule is Oc1cc[c]cc1.[KH]. The van der Waals surface area contributed by atoms with E-state index in [4.69, 9.17) is 5.11 Å². The fraction of sp³-hybridized carbons (Fsp3) is 0. The van der Waals surface area contributed by atoms with Crippen LogP contribution in [-0.4, -0.2) is 56.5 Å². The van der Waals surface area contributed by atoms with E-state index in [0.717, 1.165) is 0 Å². The van der Waals surface area contributed by atoms with Crippen molar-refractivity contribution in [2.75, 3.05) is 0 Å². The standard InChI is InChI=1S/C6H5O.K.H/c7-6-4-2-1-3-5-6;;/h2-5,7H;;. The Balaban J connectivity index is 0.000000490. The van der Waals surface area contributed by atoms with Gasteiger partial charge in [0.15, 0.2) is 0 Å². The van der Waals surface area contributed by atoms with Gasteiger partial charge >= 0.3 is 51.4 Å². The molecule has 0 heterocycles. The fourth-order valence-electron chi connectivity index (χ4n) is 0.378. The van der Waals surface area contributed by atoms with Crippen molar-refractivity contribution >= 4 is 51.4 Å². The summed E-state index contributed by atoms with van der Waals surface area (Å²) in [5, 5.41) is 8.61. The molecule has 0 aromatic heterocycles. The van der Waals surface area contributed by atoms with Gasteiger partial charge in [0.05, 0.1) is 0 Å². The van der Waals surface area contributed by atoms with Crippen LogP contribution in [0.1, 0.15) is 0 Å². The van der Waals surface area contributed by atoms with Crippen LogP contribution in [0.5, 0.6) is 5.75 Å². The molecule has 0 saturated heterocycles. The molecule has 0 aliphatic carbocycles. The Bertz CT molecular complexity index is 138. The zero-order valence-electron chi connectivity index (χ0n) is 3.76. The first-order valence-corrected chi connectivity index (χ1v) is 2.04. The van der Waals surface area contributed by atoms with E-state index in [-0.39, 0.29) is 51.4 Å². The van der Waals surface area contributed by atoms with Gasteiger partial charge in [-0.2, -0.15) is 0 Å². The maximum atomic E-state index is 8.61. The van der Waals surface area contributed by atoms with Crippen LogP contribution in [-0.2, 0) is 0 Å². The second kappa shape index (κ2) is 4.53. The van der Waals surface area contributed by atoms with E-state index >= 15 is 0 Å². The summed E-state index contributed by atoms with van der Waals surface area (Å²) >= 11 is 0. The van der Waals surface area contributed by atoms with Crippen molar-refractivity contribution in [2.24, 2.45) is 0 Å². The van der Waals surface area contributed by atoms with Gasteiger partial charge in [-0.05, 0) is 18.2 Å². The van der Waals surface area contributed by atoms with Crippen LogP contribution in [0.15, 0.2) is 24.3 Å². The first-order valence-electron chi connectivity index (χ1n) is 2.04. The fourth-order valence-corrected chi connectivity index (χ4v) is 0.378. The molecule has 0 unspecified atom stereocenters. The van der Waals surface area contributed by atoms with Crippen molar-refractivity contribution in [1.82, 2.24) is 0 Å². The van der Waals surface area contributed by atoms with E-state index in [2.05, 4.69) is 6.07 Å². The first kappa shape index (κ1) is 8.66. The molecule has 1 rings (SSSR count). The molecule has 1 radical (unpaired) electrons. The molecule has 0 atom stereocenters. The molecule has 0 saturated carbocycles. The third-order valence-electron chi connectivity index (χ3n) is 0.701. The Labute approximate surface area is 91.1 Å². The van der Waals surface area contributed by atoms with Crippen LogP contribution in [0.2, 0.25) is 0 Å². The number of aromatic hydroxyl groups is 1. The number of phenolic OH excluding ortho intramolecular Hbond substituents is 1. The minimum atomic E-state index is 0. The minimum absolute atomic E-state index is 0. The number of hydrogen-bond acceptors (Lipinski definition) is 1. The summed E-state index contributed by atoms with van der Waals surface area (Å²) in [6.45, 7) is 0. The van der Waals surface area contributed by atoms with Crippen LogP contribution in [0.25, 0.3) is 0 Å². The normalized spacial score (nSPS) is 7.50. The number of rotatable bonds is 0. The first-order chi connectivity index (χ1) is 3.39. The average Bonchev–Trinajstić information content (AvgIpc) is 1.69. The molecule has 0 spiro atoms. The second-order valence-electron chi connectivity index (χ2n) is 1.26. The molecule has 1 aromatic carbocycles. The third-order valence-corrected chi connectivity index (χ3v) is 0.701. The van der Waals surface area contributed by atoms with Gasteiger partial charge in [-0.3, -0.25) is 0 Å². The van der Waals surface area contributed by atoms with E-state index in [1.807, 2.05) is 0 Å². The van der Waals surface area contributed by atoms with Gasteiger partial charge < -0.3 is 5.11 Å². The van der Waals surface area contributed by atoms with E-state index < -0.39 is 0 Å². The summed E-state index contributed by atoms with van der Waals surface area (Å²) in [6.07, 6.45) is 0. The third kappa shape index (κ3) is 2.84. The summed E-state index contributed by atoms with van der Waals surface area (Å²) in [7, 11) is 0. The molecule has 37 valence electrons. The predicted molar refractivity (Wildman–Crippen MR) is 34.1 cm³/mol. The van der Waals surface area contributed by atoms with Crippen LogP contribution in [0, 0.1) is 6.07 Å². The van der Waals surface area contributed by atoms with E-state index in [1.165, 1.54) is 0 Å². The second-order valence-corrected chi connectivity index (χ2v) is 1.26. The van der Waals surface area contributed by atoms with Crippen molar-refractivity contribution in [2.45, 2.75) is 0 Å². The molecule has 8 heavy (non-hydrogen) atoms. The van der Waals surface area contributed by atoms with Gasteiger partial charge in [-0.15, -0.1) is 0 Å². The molecule has 1 N–H and O–H groups in total. The number of hydrogen-bond donors (Lipinski definition) is 1. The van der Waals surface area contributed by atoms with Crippen molar-refractivity contribution in [3.8, 4) is 5.75 Å². The Morgan fingerprint density at radius 1 is 1.25 bits per heavy atom. The van der Waals surface area contributed by atoms with Crippen LogP contribution in [0.4, 0.5) is 0 Å². The Hall–Kier alpha value is 0.656. The van der Waals surface area contributed by atoms with Crippen LogP contribution in [0.3, 0.4) is 0 Å². The zero-order chi connectivity index (χ0) is 5.11. The Morgan fingerprint density at radius 2 is 1.75 bits per heavy atom. The van der Waals surface area contributed by atoms with Gasteiger partial charge in [0.25, 0.3) is 0 Å². The summed E-state index contributed by atoms with van der Waals surface area (Å²) < 4.78 is 0. The van der Waals surface area contributed by atoms with Gasteiger partial charge in [-0.25, -0.2) is 0 Å². The van der Waals surface area contributed by atoms with Gasteiger partial charge in [0, 0.05) is 0 Å². The monoisotopic (exact) mass is 133 g/mol. The van der Waals surface area contributed by atoms with Crippen LogP contribution >= 0.6 is 0 Å². The van der Waals surface area contributed by atoms with Crippen molar-refractivity contribution < 1.29 is 5.11 Å². The summed E-state index contributed by atoms with van der Waals surface area (Å²) in [4.78, 5) is 0. The van der Waals surface area contributed by atoms with Gasteiger partial charge in [-0.1, -0.05) is 12.1 Å². The number of phenols is 1. The molecular formula is C6H6KO. The molecule has 0 amide bonds. The zero-order valence-corrected chi connectivity index (χ0v) is 3.76. The van der Waals surface area contributed by atoms with E-state index in [9.17, 15) is 0 Å². The molecule has 2 heteroatoms. The average molecular weight is 133 g/mol. The molecular weight excluding hydrogens is 127 g/mol. The van der Waals surface area contributed by atoms with E-state index in [1.54, 1.807) is 24.3 Å². The predicted octanol–water partition coefficient (Wildman–Crippen LogP) is 0.544. The summed E-state index contributed by atoms with van der Waals surface area (Å²) in [6, 6.07) is 9.26. The summed E-state index contributed by atoms with van der Waals surface area (Å²) in [5.74, 6) is 0.291. The molecule has 0 fully saturated rings. The van der Waals surface area contributed by atoms with Crippen molar-refractivity contribution in [3.63, 3.8) is 0 Å². The van der Waals surface area contributed by atoms with Gasteiger partial charge in [0.2, 0.25) is 0 Å². The van der Waals surface area contributed by atoms with Crippen molar-refractivity contribution in [3.05, 3.63) is 30.3 Å². The Kier molecular flexibility index (Phi) is 4.90. The Morgan fingerprint density at radius 3 is 2.00 bits per heavy atom. The van der Waals surface area contributed by atoms with E-state index in [0.29, 0.717) is 5.75 Å². The molecule has 1 nitrogen and oxygen atoms in total. The molecule has 0 bridgehead atoms. The maximum absolute atomic E-state index is 8.61. The molecule has 0 aliphatic rings. The topological polar surface area (TPSA) is 20.2 Å². The van der Waals surface area contributed by atoms with Crippen molar-refractivity contribution in [1.29, 1.82) is 0 Å². The van der Waals surface area contributed by atoms with Crippen LogP contribution < -0.4 is 0 Å². The number of benzene rings is 1. The quantitative estimate of drug-likeness (QED) is 0.512. The molecule has 1 aromatic rings. The molecule has 0 aliphatic heterocycles.